The first kappa shape index (κ1) is 23.9. The summed E-state index contributed by atoms with van der Waals surface area (Å²) >= 11 is 0. The van der Waals surface area contributed by atoms with Crippen molar-refractivity contribution in [3.05, 3.63) is 0 Å². The molecule has 1 unspecified atom stereocenters. The van der Waals surface area contributed by atoms with Gasteiger partial charge in [-0.25, -0.2) is 0 Å². The van der Waals surface area contributed by atoms with E-state index >= 15 is 0 Å². The average molecular weight is 372 g/mol. The van der Waals surface area contributed by atoms with Gasteiger partial charge in [0, 0.05) is 12.8 Å². The van der Waals surface area contributed by atoms with Crippen LogP contribution in [0.1, 0.15) is 60.3 Å². The molecule has 0 saturated carbocycles. The number of hydrogen-bond donors (Lipinski definition) is 2. The van der Waals surface area contributed by atoms with Gasteiger partial charge in [-0.05, 0) is 39.5 Å². The van der Waals surface area contributed by atoms with Gasteiger partial charge in [0.2, 0.25) is 11.8 Å². The van der Waals surface area contributed by atoms with Crippen molar-refractivity contribution in [2.75, 3.05) is 13.7 Å². The SMILES string of the molecule is COC(=O)CCCCC(=O)NC(C(=O)NCC(=O)OC(C)(C)C)C(C)C. The summed E-state index contributed by atoms with van der Waals surface area (Å²) in [5.74, 6) is -1.71. The molecule has 0 aromatic carbocycles. The van der Waals surface area contributed by atoms with Gasteiger partial charge in [0.15, 0.2) is 0 Å². The normalized spacial score (nSPS) is 12.3. The molecule has 0 radical (unpaired) electrons. The van der Waals surface area contributed by atoms with E-state index in [1.807, 2.05) is 0 Å². The minimum Gasteiger partial charge on any atom is -0.469 e. The third-order valence-corrected chi connectivity index (χ3v) is 3.36. The minimum absolute atomic E-state index is 0.146. The molecule has 2 amide bonds. The topological polar surface area (TPSA) is 111 Å². The van der Waals surface area contributed by atoms with Gasteiger partial charge in [0.05, 0.1) is 7.11 Å². The molecule has 0 rings (SSSR count). The first-order chi connectivity index (χ1) is 12.0. The second-order valence-electron chi connectivity index (χ2n) is 7.38. The van der Waals surface area contributed by atoms with E-state index in [9.17, 15) is 19.2 Å². The zero-order chi connectivity index (χ0) is 20.3. The van der Waals surface area contributed by atoms with Crippen molar-refractivity contribution < 1.29 is 28.7 Å². The molecule has 0 fully saturated rings. The Bertz CT molecular complexity index is 496. The molecule has 1 atom stereocenters. The van der Waals surface area contributed by atoms with Crippen LogP contribution in [0.3, 0.4) is 0 Å². The molecule has 0 aliphatic rings. The smallest absolute Gasteiger partial charge is 0.325 e. The van der Waals surface area contributed by atoms with E-state index in [2.05, 4.69) is 15.4 Å². The Morgan fingerprint density at radius 1 is 0.962 bits per heavy atom. The van der Waals surface area contributed by atoms with Crippen LogP contribution in [0, 0.1) is 5.92 Å². The molecule has 26 heavy (non-hydrogen) atoms. The molecule has 2 N–H and O–H groups in total. The number of carbonyl (C=O) groups is 4. The number of nitrogens with one attached hydrogen (secondary N) is 2. The zero-order valence-corrected chi connectivity index (χ0v) is 16.6. The first-order valence-electron chi connectivity index (χ1n) is 8.82. The van der Waals surface area contributed by atoms with Crippen molar-refractivity contribution >= 4 is 23.8 Å². The van der Waals surface area contributed by atoms with Crippen LogP contribution in [-0.2, 0) is 28.7 Å². The molecule has 0 aromatic rings. The molecule has 0 aliphatic carbocycles. The second kappa shape index (κ2) is 11.5. The van der Waals surface area contributed by atoms with Gasteiger partial charge in [-0.1, -0.05) is 13.8 Å². The number of esters is 2. The Balaban J connectivity index is 4.36. The standard InChI is InChI=1S/C18H32N2O6/c1-12(2)16(17(24)19-11-15(23)26-18(3,4)5)20-13(21)9-7-8-10-14(22)25-6/h12,16H,7-11H2,1-6H3,(H,19,24)(H,20,21). The summed E-state index contributed by atoms with van der Waals surface area (Å²) in [7, 11) is 1.32. The molecule has 0 bridgehead atoms. The predicted molar refractivity (Wildman–Crippen MR) is 96.1 cm³/mol. The van der Waals surface area contributed by atoms with Gasteiger partial charge in [0.25, 0.3) is 0 Å². The third kappa shape index (κ3) is 11.4. The maximum Gasteiger partial charge on any atom is 0.325 e. The summed E-state index contributed by atoms with van der Waals surface area (Å²) in [6.45, 7) is 8.57. The number of unbranched alkanes of at least 4 members (excludes halogenated alkanes) is 1. The number of ether oxygens (including phenoxy) is 2. The quantitative estimate of drug-likeness (QED) is 0.442. The number of amides is 2. The summed E-state index contributed by atoms with van der Waals surface area (Å²) in [6, 6.07) is -0.745. The summed E-state index contributed by atoms with van der Waals surface area (Å²) in [4.78, 5) is 46.9. The van der Waals surface area contributed by atoms with Crippen LogP contribution in [-0.4, -0.2) is 49.1 Å². The van der Waals surface area contributed by atoms with Gasteiger partial charge in [0.1, 0.15) is 18.2 Å². The second-order valence-corrected chi connectivity index (χ2v) is 7.38. The molecule has 0 spiro atoms. The summed E-state index contributed by atoms with van der Waals surface area (Å²) < 4.78 is 9.66. The lowest BCUT2D eigenvalue weighted by atomic mass is 10.0. The highest BCUT2D eigenvalue weighted by Crippen LogP contribution is 2.07. The van der Waals surface area contributed by atoms with Crippen molar-refractivity contribution in [3.63, 3.8) is 0 Å². The molecule has 0 aromatic heterocycles. The Morgan fingerprint density at radius 2 is 1.54 bits per heavy atom. The van der Waals surface area contributed by atoms with Crippen LogP contribution in [0.25, 0.3) is 0 Å². The molecule has 0 saturated heterocycles. The third-order valence-electron chi connectivity index (χ3n) is 3.36. The number of rotatable bonds is 10. The lowest BCUT2D eigenvalue weighted by molar-refractivity contribution is -0.154. The van der Waals surface area contributed by atoms with Gasteiger partial charge < -0.3 is 20.1 Å². The molecular formula is C18H32N2O6. The van der Waals surface area contributed by atoms with E-state index < -0.39 is 23.5 Å². The largest absolute Gasteiger partial charge is 0.469 e. The fourth-order valence-corrected chi connectivity index (χ4v) is 2.08. The Hall–Kier alpha value is -2.12. The van der Waals surface area contributed by atoms with Crippen LogP contribution >= 0.6 is 0 Å². The monoisotopic (exact) mass is 372 g/mol. The van der Waals surface area contributed by atoms with Gasteiger partial charge in [-0.2, -0.15) is 0 Å². The highest BCUT2D eigenvalue weighted by molar-refractivity contribution is 5.89. The number of methoxy groups -OCH3 is 1. The van der Waals surface area contributed by atoms with Crippen LogP contribution in [0.15, 0.2) is 0 Å². The van der Waals surface area contributed by atoms with E-state index in [-0.39, 0.29) is 37.2 Å². The Labute approximate surface area is 155 Å². The van der Waals surface area contributed by atoms with Crippen molar-refractivity contribution in [1.29, 1.82) is 0 Å². The first-order valence-corrected chi connectivity index (χ1v) is 8.82. The predicted octanol–water partition coefficient (Wildman–Crippen LogP) is 1.32. The number of carbonyl (C=O) groups excluding carboxylic acids is 4. The van der Waals surface area contributed by atoms with Crippen LogP contribution < -0.4 is 10.6 Å². The maximum atomic E-state index is 12.3. The Morgan fingerprint density at radius 3 is 2.04 bits per heavy atom. The molecule has 0 heterocycles. The van der Waals surface area contributed by atoms with Crippen molar-refractivity contribution in [3.8, 4) is 0 Å². The lowest BCUT2D eigenvalue weighted by Gasteiger charge is -2.23. The van der Waals surface area contributed by atoms with Crippen LogP contribution in [0.2, 0.25) is 0 Å². The molecule has 8 heteroatoms. The van der Waals surface area contributed by atoms with Crippen molar-refractivity contribution in [2.45, 2.75) is 71.9 Å². The minimum atomic E-state index is -0.745. The fraction of sp³-hybridized carbons (Fsp3) is 0.778. The zero-order valence-electron chi connectivity index (χ0n) is 16.6. The number of hydrogen-bond acceptors (Lipinski definition) is 6. The highest BCUT2D eigenvalue weighted by atomic mass is 16.6. The molecule has 8 nitrogen and oxygen atoms in total. The van der Waals surface area contributed by atoms with Gasteiger partial charge >= 0.3 is 11.9 Å². The van der Waals surface area contributed by atoms with E-state index in [1.165, 1.54) is 7.11 Å². The molecule has 150 valence electrons. The lowest BCUT2D eigenvalue weighted by Crippen LogP contribution is -2.51. The Kier molecular flexibility index (Phi) is 10.6. The highest BCUT2D eigenvalue weighted by Gasteiger charge is 2.25. The van der Waals surface area contributed by atoms with E-state index in [4.69, 9.17) is 4.74 Å². The van der Waals surface area contributed by atoms with E-state index in [0.29, 0.717) is 12.8 Å². The average Bonchev–Trinajstić information content (AvgIpc) is 2.52. The van der Waals surface area contributed by atoms with Crippen molar-refractivity contribution in [1.82, 2.24) is 10.6 Å². The molecular weight excluding hydrogens is 340 g/mol. The van der Waals surface area contributed by atoms with Crippen molar-refractivity contribution in [2.24, 2.45) is 5.92 Å². The van der Waals surface area contributed by atoms with Gasteiger partial charge in [-0.15, -0.1) is 0 Å². The summed E-state index contributed by atoms with van der Waals surface area (Å²) in [5, 5.41) is 5.16. The van der Waals surface area contributed by atoms with Crippen LogP contribution in [0.4, 0.5) is 0 Å². The van der Waals surface area contributed by atoms with Crippen LogP contribution in [0.5, 0.6) is 0 Å². The summed E-state index contributed by atoms with van der Waals surface area (Å²) in [5.41, 5.74) is -0.627. The fourth-order valence-electron chi connectivity index (χ4n) is 2.08. The summed E-state index contributed by atoms with van der Waals surface area (Å²) in [6.07, 6.45) is 1.52. The molecule has 0 aliphatic heterocycles. The van der Waals surface area contributed by atoms with E-state index in [1.54, 1.807) is 34.6 Å². The van der Waals surface area contributed by atoms with E-state index in [0.717, 1.165) is 0 Å². The van der Waals surface area contributed by atoms with Gasteiger partial charge in [-0.3, -0.25) is 19.2 Å². The maximum absolute atomic E-state index is 12.3.